The van der Waals surface area contributed by atoms with Gasteiger partial charge in [0.1, 0.15) is 5.82 Å². The zero-order valence-corrected chi connectivity index (χ0v) is 12.2. The van der Waals surface area contributed by atoms with E-state index in [1.165, 1.54) is 12.1 Å². The van der Waals surface area contributed by atoms with Gasteiger partial charge in [0.15, 0.2) is 0 Å². The van der Waals surface area contributed by atoms with Crippen molar-refractivity contribution in [3.05, 3.63) is 58.6 Å². The van der Waals surface area contributed by atoms with Crippen LogP contribution in [-0.4, -0.2) is 4.98 Å². The van der Waals surface area contributed by atoms with Gasteiger partial charge in [0.2, 0.25) is 0 Å². The molecular formula is C15H10Cl2FN3. The Bertz CT molecular complexity index is 813. The number of hydrogen-bond donors (Lipinski definition) is 2. The van der Waals surface area contributed by atoms with Crippen molar-refractivity contribution in [1.29, 1.82) is 0 Å². The van der Waals surface area contributed by atoms with E-state index in [1.807, 2.05) is 12.1 Å². The Morgan fingerprint density at radius 1 is 1.05 bits per heavy atom. The lowest BCUT2D eigenvalue weighted by Gasteiger charge is -2.13. The van der Waals surface area contributed by atoms with Gasteiger partial charge in [0, 0.05) is 34.5 Å². The van der Waals surface area contributed by atoms with E-state index in [2.05, 4.69) is 10.3 Å². The summed E-state index contributed by atoms with van der Waals surface area (Å²) in [6, 6.07) is 7.82. The van der Waals surface area contributed by atoms with Crippen molar-refractivity contribution in [3.8, 4) is 0 Å². The van der Waals surface area contributed by atoms with Crippen LogP contribution in [0.1, 0.15) is 0 Å². The number of nitrogens with one attached hydrogen (secondary N) is 1. The van der Waals surface area contributed by atoms with Crippen molar-refractivity contribution in [2.45, 2.75) is 0 Å². The first kappa shape index (κ1) is 13.9. The van der Waals surface area contributed by atoms with E-state index >= 15 is 0 Å². The van der Waals surface area contributed by atoms with Crippen molar-refractivity contribution < 1.29 is 4.39 Å². The number of rotatable bonds is 2. The van der Waals surface area contributed by atoms with Crippen molar-refractivity contribution in [1.82, 2.24) is 4.98 Å². The molecular weight excluding hydrogens is 312 g/mol. The van der Waals surface area contributed by atoms with Crippen LogP contribution in [0.2, 0.25) is 10.0 Å². The molecule has 0 amide bonds. The van der Waals surface area contributed by atoms with Gasteiger partial charge in [-0.1, -0.05) is 23.2 Å². The molecule has 0 aliphatic carbocycles. The van der Waals surface area contributed by atoms with Crippen LogP contribution >= 0.6 is 23.2 Å². The fraction of sp³-hybridized carbons (Fsp3) is 0. The third-order valence-electron chi connectivity index (χ3n) is 3.12. The largest absolute Gasteiger partial charge is 0.398 e. The number of nitrogen functional groups attached to an aromatic ring is 1. The van der Waals surface area contributed by atoms with E-state index in [1.54, 1.807) is 18.5 Å². The van der Waals surface area contributed by atoms with Crippen LogP contribution in [0.15, 0.2) is 42.7 Å². The Kier molecular flexibility index (Phi) is 3.57. The number of nitrogens with zero attached hydrogens (tertiary/aromatic N) is 1. The number of pyridine rings is 1. The third kappa shape index (κ3) is 2.60. The fourth-order valence-corrected chi connectivity index (χ4v) is 2.67. The van der Waals surface area contributed by atoms with Gasteiger partial charge in [-0.15, -0.1) is 0 Å². The molecule has 1 heterocycles. The first-order valence-electron chi connectivity index (χ1n) is 6.10. The zero-order chi connectivity index (χ0) is 15.0. The third-order valence-corrected chi connectivity index (χ3v) is 3.71. The number of anilines is 3. The minimum Gasteiger partial charge on any atom is -0.398 e. The molecule has 3 N–H and O–H groups in total. The van der Waals surface area contributed by atoms with Gasteiger partial charge < -0.3 is 11.1 Å². The summed E-state index contributed by atoms with van der Waals surface area (Å²) in [5.41, 5.74) is 7.76. The van der Waals surface area contributed by atoms with E-state index in [0.717, 1.165) is 16.5 Å². The van der Waals surface area contributed by atoms with Gasteiger partial charge in [-0.25, -0.2) is 4.39 Å². The van der Waals surface area contributed by atoms with Crippen molar-refractivity contribution in [2.75, 3.05) is 11.1 Å². The Morgan fingerprint density at radius 2 is 1.76 bits per heavy atom. The lowest BCUT2D eigenvalue weighted by molar-refractivity contribution is 0.628. The standard InChI is InChI=1S/C15H10Cl2FN3/c16-11-5-8(18)6-12(17)15(11)21-14-2-1-13(19)10-7-20-4-3-9(10)14/h1-7,21H,19H2. The normalized spacial score (nSPS) is 10.8. The molecule has 3 rings (SSSR count). The van der Waals surface area contributed by atoms with E-state index in [-0.39, 0.29) is 10.0 Å². The molecule has 0 fully saturated rings. The van der Waals surface area contributed by atoms with Crippen LogP contribution in [0.5, 0.6) is 0 Å². The summed E-state index contributed by atoms with van der Waals surface area (Å²) in [5.74, 6) is -0.484. The van der Waals surface area contributed by atoms with Gasteiger partial charge in [0.05, 0.1) is 15.7 Å². The maximum absolute atomic E-state index is 13.2. The molecule has 0 saturated carbocycles. The average Bonchev–Trinajstić information content (AvgIpc) is 2.45. The molecule has 0 atom stereocenters. The molecule has 2 aromatic carbocycles. The molecule has 0 saturated heterocycles. The average molecular weight is 322 g/mol. The van der Waals surface area contributed by atoms with Crippen LogP contribution in [0.3, 0.4) is 0 Å². The smallest absolute Gasteiger partial charge is 0.126 e. The summed E-state index contributed by atoms with van der Waals surface area (Å²) in [6.45, 7) is 0. The number of fused-ring (bicyclic) bond motifs is 1. The van der Waals surface area contributed by atoms with E-state index in [0.29, 0.717) is 11.4 Å². The monoisotopic (exact) mass is 321 g/mol. The summed E-state index contributed by atoms with van der Waals surface area (Å²) < 4.78 is 13.2. The minimum absolute atomic E-state index is 0.207. The highest BCUT2D eigenvalue weighted by molar-refractivity contribution is 6.39. The lowest BCUT2D eigenvalue weighted by Crippen LogP contribution is -1.96. The molecule has 0 aliphatic heterocycles. The van der Waals surface area contributed by atoms with Crippen LogP contribution < -0.4 is 11.1 Å². The number of benzene rings is 2. The summed E-state index contributed by atoms with van der Waals surface area (Å²) in [7, 11) is 0. The first-order chi connectivity index (χ1) is 10.1. The van der Waals surface area contributed by atoms with E-state index in [4.69, 9.17) is 28.9 Å². The van der Waals surface area contributed by atoms with Crippen molar-refractivity contribution in [2.24, 2.45) is 0 Å². The maximum atomic E-state index is 13.2. The molecule has 1 aromatic heterocycles. The van der Waals surface area contributed by atoms with Crippen LogP contribution in [-0.2, 0) is 0 Å². The van der Waals surface area contributed by atoms with Gasteiger partial charge in [0.25, 0.3) is 0 Å². The summed E-state index contributed by atoms with van der Waals surface area (Å²) in [5, 5.41) is 5.23. The highest BCUT2D eigenvalue weighted by Crippen LogP contribution is 2.36. The first-order valence-corrected chi connectivity index (χ1v) is 6.85. The molecule has 3 aromatic rings. The predicted octanol–water partition coefficient (Wildman–Crippen LogP) is 5.01. The quantitative estimate of drug-likeness (QED) is 0.652. The Morgan fingerprint density at radius 3 is 2.48 bits per heavy atom. The molecule has 106 valence electrons. The van der Waals surface area contributed by atoms with Crippen LogP contribution in [0, 0.1) is 5.82 Å². The van der Waals surface area contributed by atoms with Gasteiger partial charge in [-0.2, -0.15) is 0 Å². The van der Waals surface area contributed by atoms with Crippen molar-refractivity contribution in [3.63, 3.8) is 0 Å². The summed E-state index contributed by atoms with van der Waals surface area (Å²) >= 11 is 12.1. The van der Waals surface area contributed by atoms with E-state index in [9.17, 15) is 4.39 Å². The molecule has 0 unspecified atom stereocenters. The molecule has 3 nitrogen and oxygen atoms in total. The SMILES string of the molecule is Nc1ccc(Nc2c(Cl)cc(F)cc2Cl)c2ccncc12. The predicted molar refractivity (Wildman–Crippen MR) is 85.9 cm³/mol. The Hall–Kier alpha value is -2.04. The highest BCUT2D eigenvalue weighted by atomic mass is 35.5. The van der Waals surface area contributed by atoms with Crippen LogP contribution in [0.4, 0.5) is 21.5 Å². The fourth-order valence-electron chi connectivity index (χ4n) is 2.12. The second-order valence-corrected chi connectivity index (χ2v) is 5.31. The second-order valence-electron chi connectivity index (χ2n) is 4.49. The zero-order valence-electron chi connectivity index (χ0n) is 10.7. The number of hydrogen-bond acceptors (Lipinski definition) is 3. The van der Waals surface area contributed by atoms with Gasteiger partial charge >= 0.3 is 0 Å². The Balaban J connectivity index is 2.13. The molecule has 0 spiro atoms. The maximum Gasteiger partial charge on any atom is 0.126 e. The highest BCUT2D eigenvalue weighted by Gasteiger charge is 2.11. The van der Waals surface area contributed by atoms with Gasteiger partial charge in [-0.3, -0.25) is 4.98 Å². The number of aromatic nitrogens is 1. The van der Waals surface area contributed by atoms with Crippen molar-refractivity contribution >= 4 is 51.0 Å². The summed E-state index contributed by atoms with van der Waals surface area (Å²) in [4.78, 5) is 4.06. The molecule has 0 aliphatic rings. The molecule has 0 radical (unpaired) electrons. The van der Waals surface area contributed by atoms with Gasteiger partial charge in [-0.05, 0) is 30.3 Å². The summed E-state index contributed by atoms with van der Waals surface area (Å²) in [6.07, 6.45) is 3.35. The molecule has 6 heteroatoms. The number of halogens is 3. The van der Waals surface area contributed by atoms with E-state index < -0.39 is 5.82 Å². The Labute approximate surface area is 130 Å². The molecule has 0 bridgehead atoms. The minimum atomic E-state index is -0.484. The number of nitrogens with two attached hydrogens (primary N) is 1. The second kappa shape index (κ2) is 5.39. The lowest BCUT2D eigenvalue weighted by atomic mass is 10.1. The van der Waals surface area contributed by atoms with Crippen LogP contribution in [0.25, 0.3) is 10.8 Å². The topological polar surface area (TPSA) is 50.9 Å². The molecule has 21 heavy (non-hydrogen) atoms.